The fraction of sp³-hybridized carbons (Fsp3) is 0.455. The second-order valence-electron chi connectivity index (χ2n) is 7.58. The third-order valence-electron chi connectivity index (χ3n) is 5.83. The highest BCUT2D eigenvalue weighted by Crippen LogP contribution is 2.45. The van der Waals surface area contributed by atoms with E-state index in [2.05, 4.69) is 4.98 Å². The number of hydrogen-bond acceptors (Lipinski definition) is 3. The number of ether oxygens (including phenoxy) is 1. The number of hydrogen-bond donors (Lipinski definition) is 0. The molecule has 2 aliphatic rings. The molecule has 4 rings (SSSR count). The Hall–Kier alpha value is -1.91. The monoisotopic (exact) mass is 384 g/mol. The summed E-state index contributed by atoms with van der Waals surface area (Å²) < 4.78 is 5.83. The van der Waals surface area contributed by atoms with E-state index in [-0.39, 0.29) is 12.0 Å². The molecular weight excluding hydrogens is 360 g/mol. The number of carbonyl (C=O) groups excluding carboxylic acids is 1. The lowest BCUT2D eigenvalue weighted by atomic mass is 9.63. The van der Waals surface area contributed by atoms with Gasteiger partial charge in [-0.2, -0.15) is 0 Å². The van der Waals surface area contributed by atoms with Gasteiger partial charge in [-0.25, -0.2) is 0 Å². The smallest absolute Gasteiger partial charge is 0.233 e. The van der Waals surface area contributed by atoms with Crippen molar-refractivity contribution in [1.29, 1.82) is 0 Å². The predicted molar refractivity (Wildman–Crippen MR) is 106 cm³/mol. The molecule has 1 aromatic heterocycles. The first-order valence-corrected chi connectivity index (χ1v) is 10.1. The molecule has 0 bridgehead atoms. The van der Waals surface area contributed by atoms with E-state index in [1.807, 2.05) is 47.4 Å². The largest absolute Gasteiger partial charge is 0.376 e. The molecule has 142 valence electrons. The Morgan fingerprint density at radius 3 is 2.59 bits per heavy atom. The molecule has 1 unspecified atom stereocenters. The summed E-state index contributed by atoms with van der Waals surface area (Å²) in [6.45, 7) is 1.94. The molecule has 5 heteroatoms. The molecule has 1 saturated heterocycles. The van der Waals surface area contributed by atoms with E-state index in [0.29, 0.717) is 18.1 Å². The molecule has 1 aromatic carbocycles. The topological polar surface area (TPSA) is 42.4 Å². The van der Waals surface area contributed by atoms with Crippen LogP contribution in [0.2, 0.25) is 5.02 Å². The highest BCUT2D eigenvalue weighted by molar-refractivity contribution is 6.30. The van der Waals surface area contributed by atoms with Crippen LogP contribution in [-0.4, -0.2) is 35.0 Å². The van der Waals surface area contributed by atoms with Gasteiger partial charge in [0.25, 0.3) is 0 Å². The number of aromatic nitrogens is 1. The summed E-state index contributed by atoms with van der Waals surface area (Å²) in [5.74, 6) is 0.192. The van der Waals surface area contributed by atoms with Crippen LogP contribution in [0.3, 0.4) is 0 Å². The lowest BCUT2D eigenvalue weighted by Gasteiger charge is -2.44. The molecule has 0 spiro atoms. The van der Waals surface area contributed by atoms with Crippen molar-refractivity contribution in [3.63, 3.8) is 0 Å². The average molecular weight is 385 g/mol. The van der Waals surface area contributed by atoms with Gasteiger partial charge >= 0.3 is 0 Å². The van der Waals surface area contributed by atoms with Crippen LogP contribution >= 0.6 is 11.6 Å². The molecule has 4 nitrogen and oxygen atoms in total. The van der Waals surface area contributed by atoms with Crippen LogP contribution in [0.15, 0.2) is 48.7 Å². The molecule has 2 fully saturated rings. The summed E-state index contributed by atoms with van der Waals surface area (Å²) in [6.07, 6.45) is 6.84. The third-order valence-corrected chi connectivity index (χ3v) is 6.08. The zero-order valence-corrected chi connectivity index (χ0v) is 16.2. The molecule has 0 N–H and O–H groups in total. The van der Waals surface area contributed by atoms with Crippen molar-refractivity contribution in [2.45, 2.75) is 50.2 Å². The molecule has 2 aromatic rings. The van der Waals surface area contributed by atoms with Crippen LogP contribution in [0.1, 0.15) is 43.4 Å². The molecule has 0 radical (unpaired) electrons. The number of pyridine rings is 1. The number of amides is 1. The van der Waals surface area contributed by atoms with E-state index in [1.54, 1.807) is 6.20 Å². The van der Waals surface area contributed by atoms with Crippen molar-refractivity contribution in [2.75, 3.05) is 13.2 Å². The summed E-state index contributed by atoms with van der Waals surface area (Å²) in [4.78, 5) is 20.1. The van der Waals surface area contributed by atoms with Crippen molar-refractivity contribution < 1.29 is 9.53 Å². The summed E-state index contributed by atoms with van der Waals surface area (Å²) in [5, 5.41) is 0.699. The summed E-state index contributed by atoms with van der Waals surface area (Å²) in [5.41, 5.74) is 1.55. The number of benzene rings is 1. The number of rotatable bonds is 6. The normalized spacial score (nSPS) is 20.9. The minimum atomic E-state index is -0.433. The minimum Gasteiger partial charge on any atom is -0.376 e. The highest BCUT2D eigenvalue weighted by Gasteiger charge is 2.48. The fourth-order valence-electron chi connectivity index (χ4n) is 4.17. The van der Waals surface area contributed by atoms with Crippen molar-refractivity contribution in [2.24, 2.45) is 0 Å². The van der Waals surface area contributed by atoms with Crippen molar-refractivity contribution in [3.8, 4) is 0 Å². The van der Waals surface area contributed by atoms with Gasteiger partial charge < -0.3 is 9.64 Å². The predicted octanol–water partition coefficient (Wildman–Crippen LogP) is 4.36. The SMILES string of the molecule is O=C(N(Cc1ccccn1)CC1CCCO1)C1(c2ccc(Cl)cc2)CCC1. The Balaban J connectivity index is 1.60. The van der Waals surface area contributed by atoms with E-state index < -0.39 is 5.41 Å². The maximum Gasteiger partial charge on any atom is 0.233 e. The van der Waals surface area contributed by atoms with Gasteiger partial charge in [0.1, 0.15) is 0 Å². The summed E-state index contributed by atoms with van der Waals surface area (Å²) in [6, 6.07) is 13.6. The van der Waals surface area contributed by atoms with Gasteiger partial charge in [0.05, 0.1) is 23.8 Å². The molecule has 2 heterocycles. The van der Waals surface area contributed by atoms with E-state index in [9.17, 15) is 4.79 Å². The van der Waals surface area contributed by atoms with E-state index in [4.69, 9.17) is 16.3 Å². The van der Waals surface area contributed by atoms with E-state index in [1.165, 1.54) is 0 Å². The Bertz CT molecular complexity index is 769. The maximum absolute atomic E-state index is 13.7. The van der Waals surface area contributed by atoms with Crippen molar-refractivity contribution in [1.82, 2.24) is 9.88 Å². The van der Waals surface area contributed by atoms with Crippen LogP contribution in [0.25, 0.3) is 0 Å². The summed E-state index contributed by atoms with van der Waals surface area (Å²) >= 11 is 6.07. The van der Waals surface area contributed by atoms with Crippen LogP contribution in [0, 0.1) is 0 Å². The lowest BCUT2D eigenvalue weighted by molar-refractivity contribution is -0.143. The lowest BCUT2D eigenvalue weighted by Crippen LogP contribution is -2.52. The van der Waals surface area contributed by atoms with Gasteiger partial charge in [-0.1, -0.05) is 36.2 Å². The molecular formula is C22H25ClN2O2. The van der Waals surface area contributed by atoms with Crippen molar-refractivity contribution in [3.05, 3.63) is 64.9 Å². The molecule has 1 amide bonds. The van der Waals surface area contributed by atoms with E-state index >= 15 is 0 Å². The van der Waals surface area contributed by atoms with Gasteiger partial charge in [-0.3, -0.25) is 9.78 Å². The van der Waals surface area contributed by atoms with Gasteiger partial charge in [-0.05, 0) is 55.5 Å². The fourth-order valence-corrected chi connectivity index (χ4v) is 4.29. The standard InChI is InChI=1S/C22H25ClN2O2/c23-18-9-7-17(8-10-18)22(11-4-12-22)21(26)25(16-20-6-3-14-27-20)15-19-5-1-2-13-24-19/h1-2,5,7-10,13,20H,3-4,6,11-12,14-16H2. The average Bonchev–Trinajstić information content (AvgIpc) is 3.16. The quantitative estimate of drug-likeness (QED) is 0.742. The van der Waals surface area contributed by atoms with E-state index in [0.717, 1.165) is 50.0 Å². The number of nitrogens with zero attached hydrogens (tertiary/aromatic N) is 2. The molecule has 1 aliphatic heterocycles. The Kier molecular flexibility index (Phi) is 5.46. The first-order valence-electron chi connectivity index (χ1n) is 9.74. The van der Waals surface area contributed by atoms with Gasteiger partial charge in [0.15, 0.2) is 0 Å². The number of halogens is 1. The Morgan fingerprint density at radius 2 is 2.00 bits per heavy atom. The first-order chi connectivity index (χ1) is 13.2. The van der Waals surface area contributed by atoms with Crippen LogP contribution in [-0.2, 0) is 21.5 Å². The van der Waals surface area contributed by atoms with Gasteiger partial charge in [-0.15, -0.1) is 0 Å². The molecule has 27 heavy (non-hydrogen) atoms. The zero-order valence-electron chi connectivity index (χ0n) is 15.4. The third kappa shape index (κ3) is 3.87. The minimum absolute atomic E-state index is 0.125. The maximum atomic E-state index is 13.7. The van der Waals surface area contributed by atoms with Gasteiger partial charge in [0, 0.05) is 24.4 Å². The molecule has 1 atom stereocenters. The van der Waals surface area contributed by atoms with Crippen LogP contribution in [0.5, 0.6) is 0 Å². The Morgan fingerprint density at radius 1 is 1.19 bits per heavy atom. The molecule has 1 aliphatic carbocycles. The van der Waals surface area contributed by atoms with Crippen LogP contribution in [0.4, 0.5) is 0 Å². The zero-order chi connectivity index (χ0) is 18.7. The summed E-state index contributed by atoms with van der Waals surface area (Å²) in [7, 11) is 0. The molecule has 1 saturated carbocycles. The second kappa shape index (κ2) is 7.99. The van der Waals surface area contributed by atoms with Gasteiger partial charge in [0.2, 0.25) is 5.91 Å². The number of carbonyl (C=O) groups is 1. The van der Waals surface area contributed by atoms with Crippen LogP contribution < -0.4 is 0 Å². The highest BCUT2D eigenvalue weighted by atomic mass is 35.5. The van der Waals surface area contributed by atoms with Crippen molar-refractivity contribution >= 4 is 17.5 Å². The first kappa shape index (κ1) is 18.5. The Labute approximate surface area is 165 Å². The second-order valence-corrected chi connectivity index (χ2v) is 8.02.